The Morgan fingerprint density at radius 2 is 1.90 bits per heavy atom. The first kappa shape index (κ1) is 18.9. The molecule has 0 spiro atoms. The fourth-order valence-corrected chi connectivity index (χ4v) is 5.48. The van der Waals surface area contributed by atoms with Crippen molar-refractivity contribution in [3.05, 3.63) is 0 Å². The van der Waals surface area contributed by atoms with Crippen molar-refractivity contribution >= 4 is 19.7 Å². The summed E-state index contributed by atoms with van der Waals surface area (Å²) in [4.78, 5) is 0. The second-order valence-corrected chi connectivity index (χ2v) is 11.8. The van der Waals surface area contributed by atoms with E-state index < -0.39 is 19.7 Å². The Balaban J connectivity index is 2.71. The van der Waals surface area contributed by atoms with Crippen LogP contribution in [0.2, 0.25) is 0 Å². The summed E-state index contributed by atoms with van der Waals surface area (Å²) in [6.45, 7) is 8.48. The van der Waals surface area contributed by atoms with Gasteiger partial charge in [-0.3, -0.25) is 0 Å². The first-order chi connectivity index (χ1) is 9.44. The van der Waals surface area contributed by atoms with Gasteiger partial charge in [0.15, 0.2) is 9.84 Å². The van der Waals surface area contributed by atoms with Gasteiger partial charge in [-0.15, -0.1) is 0 Å². The summed E-state index contributed by atoms with van der Waals surface area (Å²) in [5, 5.41) is 3.39. The highest BCUT2D eigenvalue weighted by Crippen LogP contribution is 2.28. The molecular weight excluding hydrogens is 310 g/mol. The zero-order valence-electron chi connectivity index (χ0n) is 13.6. The molecule has 7 heteroatoms. The topological polar surface area (TPSA) is 80.3 Å². The Kier molecular flexibility index (Phi) is 6.27. The molecule has 0 aliphatic carbocycles. The van der Waals surface area contributed by atoms with Crippen molar-refractivity contribution in [2.24, 2.45) is 11.8 Å². The van der Waals surface area contributed by atoms with Gasteiger partial charge in [-0.1, -0.05) is 6.92 Å². The van der Waals surface area contributed by atoms with Gasteiger partial charge >= 0.3 is 0 Å². The minimum atomic E-state index is -3.00. The summed E-state index contributed by atoms with van der Waals surface area (Å²) < 4.78 is 46.7. The van der Waals surface area contributed by atoms with Crippen LogP contribution in [0.1, 0.15) is 40.5 Å². The van der Waals surface area contributed by atoms with Crippen molar-refractivity contribution in [1.82, 2.24) is 5.32 Å². The predicted octanol–water partition coefficient (Wildman–Crippen LogP) is 1.25. The van der Waals surface area contributed by atoms with Crippen LogP contribution >= 0.6 is 0 Å². The average Bonchev–Trinajstić information content (AvgIpc) is 2.68. The second kappa shape index (κ2) is 6.96. The smallest absolute Gasteiger partial charge is 0.150 e. The Morgan fingerprint density at radius 1 is 1.29 bits per heavy atom. The number of hydrogen-bond donors (Lipinski definition) is 1. The SMILES string of the molecule is CCS(=O)(=O)CCC(CNC(C)(C)C)C1CCS(=O)(=O)C1. The van der Waals surface area contributed by atoms with Gasteiger partial charge < -0.3 is 5.32 Å². The molecule has 0 aromatic heterocycles. The van der Waals surface area contributed by atoms with Crippen LogP contribution in [0.15, 0.2) is 0 Å². The summed E-state index contributed by atoms with van der Waals surface area (Å²) in [6, 6.07) is 0. The number of hydrogen-bond acceptors (Lipinski definition) is 5. The van der Waals surface area contributed by atoms with Crippen LogP contribution in [0.5, 0.6) is 0 Å². The molecule has 1 heterocycles. The van der Waals surface area contributed by atoms with Crippen LogP contribution in [0.3, 0.4) is 0 Å². The van der Waals surface area contributed by atoms with E-state index >= 15 is 0 Å². The predicted molar refractivity (Wildman–Crippen MR) is 87.0 cm³/mol. The average molecular weight is 340 g/mol. The molecule has 0 aromatic carbocycles. The summed E-state index contributed by atoms with van der Waals surface area (Å²) in [7, 11) is -5.93. The Labute approximate surface area is 129 Å². The first-order valence-electron chi connectivity index (χ1n) is 7.60. The molecule has 0 bridgehead atoms. The van der Waals surface area contributed by atoms with Crippen LogP contribution in [-0.2, 0) is 19.7 Å². The largest absolute Gasteiger partial charge is 0.312 e. The molecule has 1 rings (SSSR count). The minimum absolute atomic E-state index is 0.0562. The fourth-order valence-electron chi connectivity index (χ4n) is 2.61. The number of sulfone groups is 2. The van der Waals surface area contributed by atoms with Gasteiger partial charge in [0.1, 0.15) is 9.84 Å². The van der Waals surface area contributed by atoms with Gasteiger partial charge in [0, 0.05) is 11.3 Å². The fraction of sp³-hybridized carbons (Fsp3) is 1.00. The van der Waals surface area contributed by atoms with Crippen molar-refractivity contribution in [2.75, 3.05) is 29.6 Å². The molecule has 21 heavy (non-hydrogen) atoms. The third-order valence-electron chi connectivity index (χ3n) is 4.07. The van der Waals surface area contributed by atoms with Gasteiger partial charge in [0.25, 0.3) is 0 Å². The summed E-state index contributed by atoms with van der Waals surface area (Å²) in [6.07, 6.45) is 1.20. The molecular formula is C14H29NO4S2. The molecule has 0 amide bonds. The highest BCUT2D eigenvalue weighted by molar-refractivity contribution is 7.91. The Morgan fingerprint density at radius 3 is 2.33 bits per heavy atom. The van der Waals surface area contributed by atoms with Crippen LogP contribution < -0.4 is 5.32 Å². The van der Waals surface area contributed by atoms with Crippen molar-refractivity contribution in [2.45, 2.75) is 46.1 Å². The van der Waals surface area contributed by atoms with Crippen molar-refractivity contribution in [3.63, 3.8) is 0 Å². The molecule has 1 aliphatic rings. The highest BCUT2D eigenvalue weighted by Gasteiger charge is 2.34. The third kappa shape index (κ3) is 7.10. The molecule has 0 aromatic rings. The lowest BCUT2D eigenvalue weighted by Crippen LogP contribution is -2.41. The molecule has 0 radical (unpaired) electrons. The Bertz CT molecular complexity index is 532. The van der Waals surface area contributed by atoms with Crippen molar-refractivity contribution in [1.29, 1.82) is 0 Å². The number of rotatable bonds is 7. The van der Waals surface area contributed by atoms with Crippen molar-refractivity contribution in [3.8, 4) is 0 Å². The van der Waals surface area contributed by atoms with E-state index in [0.29, 0.717) is 19.4 Å². The quantitative estimate of drug-likeness (QED) is 0.755. The lowest BCUT2D eigenvalue weighted by Gasteiger charge is -2.28. The van der Waals surface area contributed by atoms with Gasteiger partial charge in [0.05, 0.1) is 17.3 Å². The van der Waals surface area contributed by atoms with Gasteiger partial charge in [-0.05, 0) is 52.0 Å². The summed E-state index contributed by atoms with van der Waals surface area (Å²) in [5.41, 5.74) is -0.0562. The maximum Gasteiger partial charge on any atom is 0.150 e. The zero-order chi connectivity index (χ0) is 16.3. The molecule has 5 nitrogen and oxygen atoms in total. The molecule has 1 aliphatic heterocycles. The van der Waals surface area contributed by atoms with Gasteiger partial charge in [0.2, 0.25) is 0 Å². The zero-order valence-corrected chi connectivity index (χ0v) is 15.2. The molecule has 126 valence electrons. The van der Waals surface area contributed by atoms with Crippen LogP contribution in [0.4, 0.5) is 0 Å². The lowest BCUT2D eigenvalue weighted by molar-refractivity contribution is 0.297. The van der Waals surface area contributed by atoms with Crippen LogP contribution in [0.25, 0.3) is 0 Å². The standard InChI is InChI=1S/C14H29NO4S2/c1-5-20(16,17)8-6-12(10-15-14(2,3)4)13-7-9-21(18,19)11-13/h12-13,15H,5-11H2,1-4H3. The van der Waals surface area contributed by atoms with E-state index in [9.17, 15) is 16.8 Å². The third-order valence-corrected chi connectivity index (χ3v) is 7.60. The van der Waals surface area contributed by atoms with E-state index in [4.69, 9.17) is 0 Å². The van der Waals surface area contributed by atoms with E-state index in [0.717, 1.165) is 0 Å². The monoisotopic (exact) mass is 339 g/mol. The van der Waals surface area contributed by atoms with E-state index in [2.05, 4.69) is 26.1 Å². The molecule has 2 atom stereocenters. The molecule has 1 N–H and O–H groups in total. The maximum atomic E-state index is 11.7. The minimum Gasteiger partial charge on any atom is -0.312 e. The molecule has 1 fully saturated rings. The second-order valence-electron chi connectivity index (χ2n) is 7.08. The highest BCUT2D eigenvalue weighted by atomic mass is 32.2. The van der Waals surface area contributed by atoms with E-state index in [-0.39, 0.29) is 40.4 Å². The first-order valence-corrected chi connectivity index (χ1v) is 11.2. The van der Waals surface area contributed by atoms with E-state index in [1.165, 1.54) is 0 Å². The molecule has 0 saturated carbocycles. The lowest BCUT2D eigenvalue weighted by atomic mass is 9.89. The van der Waals surface area contributed by atoms with E-state index in [1.807, 2.05) is 0 Å². The maximum absolute atomic E-state index is 11.7. The molecule has 2 unspecified atom stereocenters. The van der Waals surface area contributed by atoms with Gasteiger partial charge in [-0.2, -0.15) is 0 Å². The molecule has 1 saturated heterocycles. The number of nitrogens with one attached hydrogen (secondary N) is 1. The summed E-state index contributed by atoms with van der Waals surface area (Å²) in [5.74, 6) is 0.922. The summed E-state index contributed by atoms with van der Waals surface area (Å²) >= 11 is 0. The van der Waals surface area contributed by atoms with Gasteiger partial charge in [-0.25, -0.2) is 16.8 Å². The normalized spacial score (nSPS) is 24.1. The Hall–Kier alpha value is -0.140. The van der Waals surface area contributed by atoms with Crippen molar-refractivity contribution < 1.29 is 16.8 Å². The van der Waals surface area contributed by atoms with Crippen LogP contribution in [0, 0.1) is 11.8 Å². The van der Waals surface area contributed by atoms with Crippen LogP contribution in [-0.4, -0.2) is 51.9 Å². The van der Waals surface area contributed by atoms with E-state index in [1.54, 1.807) is 6.92 Å².